The molecule has 3 rings (SSSR count). The van der Waals surface area contributed by atoms with Gasteiger partial charge < -0.3 is 19.9 Å². The van der Waals surface area contributed by atoms with Crippen LogP contribution in [0, 0.1) is 0 Å². The van der Waals surface area contributed by atoms with Crippen molar-refractivity contribution < 1.29 is 22.7 Å². The summed E-state index contributed by atoms with van der Waals surface area (Å²) in [4.78, 5) is 19.6. The number of carbonyl (C=O) groups excluding carboxylic acids is 1. The van der Waals surface area contributed by atoms with Crippen molar-refractivity contribution in [3.63, 3.8) is 0 Å². The molecule has 0 atom stereocenters. The molecule has 0 saturated carbocycles. The number of amides is 2. The molecule has 1 aromatic heterocycles. The van der Waals surface area contributed by atoms with Crippen LogP contribution in [0.5, 0.6) is 0 Å². The smallest absolute Gasteiger partial charge is 0.378 e. The topological polar surface area (TPSA) is 57.7 Å². The van der Waals surface area contributed by atoms with E-state index in [1.807, 2.05) is 4.90 Å². The number of nitrogens with zero attached hydrogens (tertiary/aromatic N) is 3. The van der Waals surface area contributed by atoms with Gasteiger partial charge in [-0.1, -0.05) is 6.07 Å². The maximum atomic E-state index is 13.6. The summed E-state index contributed by atoms with van der Waals surface area (Å²) >= 11 is 0. The molecule has 0 radical (unpaired) electrons. The molecule has 1 N–H and O–H groups in total. The van der Waals surface area contributed by atoms with E-state index in [0.29, 0.717) is 37.7 Å². The van der Waals surface area contributed by atoms with E-state index in [2.05, 4.69) is 10.3 Å². The van der Waals surface area contributed by atoms with Crippen molar-refractivity contribution in [1.29, 1.82) is 0 Å². The first-order valence-corrected chi connectivity index (χ1v) is 8.80. The summed E-state index contributed by atoms with van der Waals surface area (Å²) in [7, 11) is 1.50. The number of carbonyl (C=O) groups is 1. The van der Waals surface area contributed by atoms with Gasteiger partial charge in [0.15, 0.2) is 0 Å². The lowest BCUT2D eigenvalue weighted by Crippen LogP contribution is -2.36. The highest BCUT2D eigenvalue weighted by Gasteiger charge is 2.35. The maximum Gasteiger partial charge on any atom is 0.418 e. The molecule has 6 nitrogen and oxygen atoms in total. The number of pyridine rings is 1. The SMILES string of the molecule is CN(Cc1ccccn1)C(=O)Nc1ccc(N2CCOCC2)cc1C(F)(F)F. The summed E-state index contributed by atoms with van der Waals surface area (Å²) in [5.74, 6) is 0. The Morgan fingerprint density at radius 3 is 2.64 bits per heavy atom. The fraction of sp³-hybridized carbons (Fsp3) is 0.368. The van der Waals surface area contributed by atoms with E-state index in [1.165, 1.54) is 18.0 Å². The number of ether oxygens (including phenoxy) is 1. The summed E-state index contributed by atoms with van der Waals surface area (Å²) in [5, 5.41) is 2.36. The normalized spacial score (nSPS) is 14.6. The van der Waals surface area contributed by atoms with Gasteiger partial charge in [0.1, 0.15) is 0 Å². The Balaban J connectivity index is 1.77. The van der Waals surface area contributed by atoms with Crippen LogP contribution in [0.15, 0.2) is 42.6 Å². The van der Waals surface area contributed by atoms with Crippen LogP contribution in [0.3, 0.4) is 0 Å². The van der Waals surface area contributed by atoms with Crippen molar-refractivity contribution in [3.8, 4) is 0 Å². The molecule has 2 aromatic rings. The van der Waals surface area contributed by atoms with E-state index in [0.717, 1.165) is 6.07 Å². The van der Waals surface area contributed by atoms with Gasteiger partial charge in [-0.25, -0.2) is 4.79 Å². The highest BCUT2D eigenvalue weighted by atomic mass is 19.4. The largest absolute Gasteiger partial charge is 0.418 e. The molecule has 0 spiro atoms. The summed E-state index contributed by atoms with van der Waals surface area (Å²) in [6.07, 6.45) is -3.00. The number of aromatic nitrogens is 1. The van der Waals surface area contributed by atoms with E-state index in [1.54, 1.807) is 30.5 Å². The fourth-order valence-corrected chi connectivity index (χ4v) is 2.91. The van der Waals surface area contributed by atoms with Crippen molar-refractivity contribution in [3.05, 3.63) is 53.9 Å². The number of benzene rings is 1. The predicted molar refractivity (Wildman–Crippen MR) is 99.2 cm³/mol. The molecule has 1 fully saturated rings. The number of anilines is 2. The quantitative estimate of drug-likeness (QED) is 0.861. The van der Waals surface area contributed by atoms with Crippen molar-refractivity contribution in [2.45, 2.75) is 12.7 Å². The average molecular weight is 394 g/mol. The number of morpholine rings is 1. The number of rotatable bonds is 4. The Morgan fingerprint density at radius 1 is 1.25 bits per heavy atom. The lowest BCUT2D eigenvalue weighted by atomic mass is 10.1. The Kier molecular flexibility index (Phi) is 6.03. The fourth-order valence-electron chi connectivity index (χ4n) is 2.91. The second-order valence-corrected chi connectivity index (χ2v) is 6.43. The van der Waals surface area contributed by atoms with Crippen LogP contribution in [0.1, 0.15) is 11.3 Å². The van der Waals surface area contributed by atoms with Crippen molar-refractivity contribution in [1.82, 2.24) is 9.88 Å². The maximum absolute atomic E-state index is 13.6. The van der Waals surface area contributed by atoms with Crippen LogP contribution in [-0.2, 0) is 17.5 Å². The third-order valence-corrected chi connectivity index (χ3v) is 4.40. The summed E-state index contributed by atoms with van der Waals surface area (Å²) < 4.78 is 46.0. The molecule has 0 aliphatic carbocycles. The van der Waals surface area contributed by atoms with Gasteiger partial charge >= 0.3 is 12.2 Å². The first-order valence-electron chi connectivity index (χ1n) is 8.80. The third-order valence-electron chi connectivity index (χ3n) is 4.40. The molecule has 0 bridgehead atoms. The van der Waals surface area contributed by atoms with Gasteiger partial charge in [-0.2, -0.15) is 13.2 Å². The highest BCUT2D eigenvalue weighted by molar-refractivity contribution is 5.90. The molecule has 0 unspecified atom stereocenters. The van der Waals surface area contributed by atoms with Gasteiger partial charge in [-0.05, 0) is 30.3 Å². The summed E-state index contributed by atoms with van der Waals surface area (Å²) in [5.41, 5.74) is -0.0622. The number of hydrogen-bond acceptors (Lipinski definition) is 4. The molecule has 1 aliphatic heterocycles. The van der Waals surface area contributed by atoms with Crippen LogP contribution in [0.2, 0.25) is 0 Å². The van der Waals surface area contributed by atoms with Crippen LogP contribution in [0.4, 0.5) is 29.3 Å². The van der Waals surface area contributed by atoms with Gasteiger partial charge in [-0.3, -0.25) is 4.98 Å². The van der Waals surface area contributed by atoms with E-state index < -0.39 is 17.8 Å². The zero-order valence-corrected chi connectivity index (χ0v) is 15.4. The Morgan fingerprint density at radius 2 is 2.00 bits per heavy atom. The van der Waals surface area contributed by atoms with E-state index >= 15 is 0 Å². The molecule has 1 aliphatic rings. The second-order valence-electron chi connectivity index (χ2n) is 6.43. The number of urea groups is 1. The number of hydrogen-bond donors (Lipinski definition) is 1. The predicted octanol–water partition coefficient (Wildman–Crippen LogP) is 3.60. The first-order chi connectivity index (χ1) is 13.3. The van der Waals surface area contributed by atoms with Crippen LogP contribution in [-0.4, -0.2) is 49.3 Å². The minimum absolute atomic E-state index is 0.180. The number of halogens is 3. The third kappa shape index (κ3) is 4.92. The first kappa shape index (κ1) is 19.9. The zero-order chi connectivity index (χ0) is 20.1. The monoisotopic (exact) mass is 394 g/mol. The molecule has 28 heavy (non-hydrogen) atoms. The van der Waals surface area contributed by atoms with E-state index in [-0.39, 0.29) is 12.2 Å². The van der Waals surface area contributed by atoms with Crippen molar-refractivity contribution in [2.24, 2.45) is 0 Å². The lowest BCUT2D eigenvalue weighted by molar-refractivity contribution is -0.136. The molecular weight excluding hydrogens is 373 g/mol. The molecule has 2 amide bonds. The molecular formula is C19H21F3N4O2. The highest BCUT2D eigenvalue weighted by Crippen LogP contribution is 2.37. The number of alkyl halides is 3. The van der Waals surface area contributed by atoms with E-state index in [4.69, 9.17) is 4.74 Å². The van der Waals surface area contributed by atoms with Crippen LogP contribution < -0.4 is 10.2 Å². The Hall–Kier alpha value is -2.81. The van der Waals surface area contributed by atoms with Gasteiger partial charge in [0.2, 0.25) is 0 Å². The van der Waals surface area contributed by atoms with Crippen LogP contribution in [0.25, 0.3) is 0 Å². The zero-order valence-electron chi connectivity index (χ0n) is 15.4. The molecule has 9 heteroatoms. The average Bonchev–Trinajstić information content (AvgIpc) is 2.69. The van der Waals surface area contributed by atoms with Gasteiger partial charge in [0.25, 0.3) is 0 Å². The van der Waals surface area contributed by atoms with Crippen molar-refractivity contribution >= 4 is 17.4 Å². The minimum Gasteiger partial charge on any atom is -0.378 e. The minimum atomic E-state index is -4.59. The van der Waals surface area contributed by atoms with Crippen LogP contribution >= 0.6 is 0 Å². The molecule has 1 aromatic carbocycles. The molecule has 1 saturated heterocycles. The second kappa shape index (κ2) is 8.47. The molecule has 2 heterocycles. The molecule has 150 valence electrons. The van der Waals surface area contributed by atoms with Gasteiger partial charge in [0, 0.05) is 32.0 Å². The lowest BCUT2D eigenvalue weighted by Gasteiger charge is -2.30. The van der Waals surface area contributed by atoms with E-state index in [9.17, 15) is 18.0 Å². The number of nitrogens with one attached hydrogen (secondary N) is 1. The standard InChI is InChI=1S/C19H21F3N4O2/c1-25(13-14-4-2-3-7-23-14)18(27)24-17-6-5-15(12-16(17)19(20,21)22)26-8-10-28-11-9-26/h2-7,12H,8-11,13H2,1H3,(H,24,27). The van der Waals surface area contributed by atoms with Gasteiger partial charge in [-0.15, -0.1) is 0 Å². The Labute approximate surface area is 160 Å². The summed E-state index contributed by atoms with van der Waals surface area (Å²) in [6.45, 7) is 2.17. The summed E-state index contributed by atoms with van der Waals surface area (Å²) in [6, 6.07) is 8.56. The Bertz CT molecular complexity index is 809. The van der Waals surface area contributed by atoms with Gasteiger partial charge in [0.05, 0.1) is 36.7 Å². The van der Waals surface area contributed by atoms with Crippen molar-refractivity contribution in [2.75, 3.05) is 43.6 Å².